The summed E-state index contributed by atoms with van der Waals surface area (Å²) < 4.78 is 13.2. The summed E-state index contributed by atoms with van der Waals surface area (Å²) in [6, 6.07) is 4.11. The molecule has 1 aromatic rings. The molecule has 1 aromatic carbocycles. The van der Waals surface area contributed by atoms with Gasteiger partial charge in [0.15, 0.2) is 0 Å². The number of aryl methyl sites for hydroxylation is 1. The van der Waals surface area contributed by atoms with Crippen LogP contribution in [0, 0.1) is 24.6 Å². The molecule has 0 bridgehead atoms. The first kappa shape index (κ1) is 13.5. The van der Waals surface area contributed by atoms with Crippen molar-refractivity contribution in [3.8, 4) is 0 Å². The first-order valence-electron chi connectivity index (χ1n) is 6.18. The number of halogens is 1. The molecule has 0 saturated carbocycles. The number of carbonyl (C=O) groups is 2. The zero-order chi connectivity index (χ0) is 14.2. The van der Waals surface area contributed by atoms with Crippen LogP contribution in [0.3, 0.4) is 0 Å². The third kappa shape index (κ3) is 2.59. The molecule has 4 nitrogen and oxygen atoms in total. The topological polar surface area (TPSA) is 57.6 Å². The van der Waals surface area contributed by atoms with Gasteiger partial charge in [0.25, 0.3) is 5.91 Å². The molecule has 1 fully saturated rings. The number of nitrogens with zero attached hydrogens (tertiary/aromatic N) is 1. The molecule has 5 heteroatoms. The number of aliphatic carboxylic acids is 1. The summed E-state index contributed by atoms with van der Waals surface area (Å²) in [4.78, 5) is 24.5. The van der Waals surface area contributed by atoms with Crippen molar-refractivity contribution in [1.29, 1.82) is 0 Å². The van der Waals surface area contributed by atoms with Crippen LogP contribution in [0.1, 0.15) is 22.8 Å². The standard InChI is InChI=1S/C14H16FNO3/c1-8-3-4-11(15)5-12(8)13(17)16-6-10(7-16)9(2)14(18)19/h3-5,9-10H,6-7H2,1-2H3,(H,18,19). The number of amides is 1. The monoisotopic (exact) mass is 265 g/mol. The van der Waals surface area contributed by atoms with Gasteiger partial charge in [-0.05, 0) is 24.6 Å². The Hall–Kier alpha value is -1.91. The molecule has 0 aromatic heterocycles. The highest BCUT2D eigenvalue weighted by Crippen LogP contribution is 2.26. The van der Waals surface area contributed by atoms with E-state index in [0.29, 0.717) is 18.7 Å². The average molecular weight is 265 g/mol. The van der Waals surface area contributed by atoms with Gasteiger partial charge in [0.05, 0.1) is 5.92 Å². The van der Waals surface area contributed by atoms with Gasteiger partial charge in [0, 0.05) is 24.6 Å². The van der Waals surface area contributed by atoms with Gasteiger partial charge in [-0.15, -0.1) is 0 Å². The van der Waals surface area contributed by atoms with E-state index in [1.807, 2.05) is 0 Å². The molecule has 2 rings (SSSR count). The van der Waals surface area contributed by atoms with E-state index in [4.69, 9.17) is 5.11 Å². The SMILES string of the molecule is Cc1ccc(F)cc1C(=O)N1CC(C(C)C(=O)O)C1. The molecule has 1 saturated heterocycles. The molecule has 1 aliphatic heterocycles. The highest BCUT2D eigenvalue weighted by atomic mass is 19.1. The lowest BCUT2D eigenvalue weighted by molar-refractivity contribution is -0.144. The normalized spacial score (nSPS) is 16.9. The maximum absolute atomic E-state index is 13.2. The van der Waals surface area contributed by atoms with Crippen molar-refractivity contribution in [3.05, 3.63) is 35.1 Å². The molecule has 1 heterocycles. The summed E-state index contributed by atoms with van der Waals surface area (Å²) >= 11 is 0. The fourth-order valence-corrected chi connectivity index (χ4v) is 2.19. The predicted molar refractivity (Wildman–Crippen MR) is 67.3 cm³/mol. The number of rotatable bonds is 3. The second-order valence-electron chi connectivity index (χ2n) is 5.06. The Kier molecular flexibility index (Phi) is 3.55. The largest absolute Gasteiger partial charge is 0.481 e. The lowest BCUT2D eigenvalue weighted by Crippen LogP contribution is -2.53. The summed E-state index contributed by atoms with van der Waals surface area (Å²) in [6.07, 6.45) is 0. The van der Waals surface area contributed by atoms with E-state index in [-0.39, 0.29) is 11.8 Å². The maximum Gasteiger partial charge on any atom is 0.306 e. The van der Waals surface area contributed by atoms with Crippen LogP contribution in [0.2, 0.25) is 0 Å². The van der Waals surface area contributed by atoms with Crippen LogP contribution in [0.5, 0.6) is 0 Å². The Morgan fingerprint density at radius 3 is 2.63 bits per heavy atom. The van der Waals surface area contributed by atoms with Crippen LogP contribution in [-0.2, 0) is 4.79 Å². The Bertz CT molecular complexity index is 523. The first-order valence-corrected chi connectivity index (χ1v) is 6.18. The van der Waals surface area contributed by atoms with Crippen molar-refractivity contribution in [3.63, 3.8) is 0 Å². The van der Waals surface area contributed by atoms with Gasteiger partial charge in [0.1, 0.15) is 5.82 Å². The first-order chi connectivity index (χ1) is 8.90. The van der Waals surface area contributed by atoms with E-state index in [1.165, 1.54) is 12.1 Å². The van der Waals surface area contributed by atoms with Crippen molar-refractivity contribution < 1.29 is 19.1 Å². The lowest BCUT2D eigenvalue weighted by Gasteiger charge is -2.41. The molecule has 1 N–H and O–H groups in total. The number of carboxylic acid groups (broad SMARTS) is 1. The van der Waals surface area contributed by atoms with Gasteiger partial charge in [0.2, 0.25) is 0 Å². The molecule has 102 valence electrons. The van der Waals surface area contributed by atoms with Crippen molar-refractivity contribution in [1.82, 2.24) is 4.90 Å². The Labute approximate surface area is 110 Å². The molecule has 0 spiro atoms. The second-order valence-corrected chi connectivity index (χ2v) is 5.06. The Morgan fingerprint density at radius 1 is 1.42 bits per heavy atom. The number of carboxylic acids is 1. The third-order valence-electron chi connectivity index (χ3n) is 3.72. The Morgan fingerprint density at radius 2 is 2.05 bits per heavy atom. The molecular weight excluding hydrogens is 249 g/mol. The molecule has 1 unspecified atom stereocenters. The minimum absolute atomic E-state index is 0.0182. The highest BCUT2D eigenvalue weighted by Gasteiger charge is 2.37. The van der Waals surface area contributed by atoms with E-state index < -0.39 is 17.7 Å². The van der Waals surface area contributed by atoms with Crippen LogP contribution in [0.25, 0.3) is 0 Å². The molecule has 1 atom stereocenters. The van der Waals surface area contributed by atoms with Gasteiger partial charge in [-0.1, -0.05) is 13.0 Å². The highest BCUT2D eigenvalue weighted by molar-refractivity contribution is 5.96. The van der Waals surface area contributed by atoms with Crippen LogP contribution < -0.4 is 0 Å². The van der Waals surface area contributed by atoms with E-state index in [1.54, 1.807) is 24.8 Å². The minimum atomic E-state index is -0.848. The third-order valence-corrected chi connectivity index (χ3v) is 3.72. The van der Waals surface area contributed by atoms with Crippen molar-refractivity contribution >= 4 is 11.9 Å². The lowest BCUT2D eigenvalue weighted by atomic mass is 9.86. The maximum atomic E-state index is 13.2. The molecule has 0 radical (unpaired) electrons. The number of hydrogen-bond donors (Lipinski definition) is 1. The van der Waals surface area contributed by atoms with Gasteiger partial charge < -0.3 is 10.0 Å². The summed E-state index contributed by atoms with van der Waals surface area (Å²) in [5, 5.41) is 8.89. The van der Waals surface area contributed by atoms with Crippen LogP contribution in [0.15, 0.2) is 18.2 Å². The zero-order valence-electron chi connectivity index (χ0n) is 10.9. The van der Waals surface area contributed by atoms with Gasteiger partial charge in [-0.3, -0.25) is 9.59 Å². The Balaban J connectivity index is 2.04. The van der Waals surface area contributed by atoms with Crippen LogP contribution >= 0.6 is 0 Å². The zero-order valence-corrected chi connectivity index (χ0v) is 10.9. The van der Waals surface area contributed by atoms with Crippen molar-refractivity contribution in [2.45, 2.75) is 13.8 Å². The molecule has 1 aliphatic rings. The fraction of sp³-hybridized carbons (Fsp3) is 0.429. The van der Waals surface area contributed by atoms with Gasteiger partial charge in [-0.25, -0.2) is 4.39 Å². The number of carbonyl (C=O) groups excluding carboxylic acids is 1. The van der Waals surface area contributed by atoms with E-state index in [2.05, 4.69) is 0 Å². The van der Waals surface area contributed by atoms with Crippen LogP contribution in [-0.4, -0.2) is 35.0 Å². The predicted octanol–water partition coefficient (Wildman–Crippen LogP) is 1.93. The number of benzene rings is 1. The number of hydrogen-bond acceptors (Lipinski definition) is 2. The van der Waals surface area contributed by atoms with Crippen molar-refractivity contribution in [2.24, 2.45) is 11.8 Å². The van der Waals surface area contributed by atoms with Gasteiger partial charge in [-0.2, -0.15) is 0 Å². The van der Waals surface area contributed by atoms with Gasteiger partial charge >= 0.3 is 5.97 Å². The molecular formula is C14H16FNO3. The second kappa shape index (κ2) is 4.99. The van der Waals surface area contributed by atoms with Crippen molar-refractivity contribution in [2.75, 3.05) is 13.1 Å². The van der Waals surface area contributed by atoms with E-state index in [0.717, 1.165) is 5.56 Å². The summed E-state index contributed by atoms with van der Waals surface area (Å²) in [5.41, 5.74) is 1.07. The summed E-state index contributed by atoms with van der Waals surface area (Å²) in [7, 11) is 0. The summed E-state index contributed by atoms with van der Waals surface area (Å²) in [5.74, 6) is -2.00. The molecule has 0 aliphatic carbocycles. The average Bonchev–Trinajstić information content (AvgIpc) is 2.29. The number of likely N-dealkylation sites (tertiary alicyclic amines) is 1. The molecule has 1 amide bonds. The summed E-state index contributed by atoms with van der Waals surface area (Å²) in [6.45, 7) is 4.23. The fourth-order valence-electron chi connectivity index (χ4n) is 2.19. The minimum Gasteiger partial charge on any atom is -0.481 e. The van der Waals surface area contributed by atoms with E-state index in [9.17, 15) is 14.0 Å². The quantitative estimate of drug-likeness (QED) is 0.908. The van der Waals surface area contributed by atoms with E-state index >= 15 is 0 Å². The molecule has 19 heavy (non-hydrogen) atoms. The smallest absolute Gasteiger partial charge is 0.306 e. The van der Waals surface area contributed by atoms with Crippen LogP contribution in [0.4, 0.5) is 4.39 Å².